The van der Waals surface area contributed by atoms with Crippen LogP contribution < -0.4 is 9.80 Å². The third kappa shape index (κ3) is 3.36. The Balaban J connectivity index is 1.95. The van der Waals surface area contributed by atoms with Crippen LogP contribution in [0.25, 0.3) is 0 Å². The van der Waals surface area contributed by atoms with Crippen molar-refractivity contribution >= 4 is 23.5 Å². The first-order chi connectivity index (χ1) is 11.0. The van der Waals surface area contributed by atoms with Crippen LogP contribution in [0.1, 0.15) is 27.7 Å². The standard InChI is InChI=1S/C15H24ClN5O2/c1-9-5-22-6-10(2)20(9)14-17-13(16)18-15(19-14)21-11(3)7-23-8-12(21)4/h9-12H,5-8H2,1-4H3. The molecule has 0 spiro atoms. The Hall–Kier alpha value is -1.18. The maximum Gasteiger partial charge on any atom is 0.232 e. The highest BCUT2D eigenvalue weighted by molar-refractivity contribution is 6.28. The summed E-state index contributed by atoms with van der Waals surface area (Å²) in [7, 11) is 0. The maximum absolute atomic E-state index is 6.20. The normalized spacial score (nSPS) is 32.2. The summed E-state index contributed by atoms with van der Waals surface area (Å²) in [6, 6.07) is 0.795. The molecule has 23 heavy (non-hydrogen) atoms. The van der Waals surface area contributed by atoms with Crippen molar-refractivity contribution in [2.75, 3.05) is 36.2 Å². The fraction of sp³-hybridized carbons (Fsp3) is 0.800. The molecule has 3 rings (SSSR count). The van der Waals surface area contributed by atoms with Gasteiger partial charge in [-0.25, -0.2) is 0 Å². The summed E-state index contributed by atoms with van der Waals surface area (Å²) in [4.78, 5) is 17.8. The molecule has 2 fully saturated rings. The summed E-state index contributed by atoms with van der Waals surface area (Å²) in [6.45, 7) is 11.1. The van der Waals surface area contributed by atoms with E-state index < -0.39 is 0 Å². The Morgan fingerprint density at radius 3 is 1.43 bits per heavy atom. The first-order valence-electron chi connectivity index (χ1n) is 8.11. The van der Waals surface area contributed by atoms with Crippen molar-refractivity contribution in [1.29, 1.82) is 0 Å². The van der Waals surface area contributed by atoms with Gasteiger partial charge in [-0.05, 0) is 39.3 Å². The molecule has 0 aliphatic carbocycles. The number of aromatic nitrogens is 3. The second kappa shape index (κ2) is 6.75. The van der Waals surface area contributed by atoms with E-state index in [2.05, 4.69) is 47.5 Å². The number of anilines is 2. The Kier molecular flexibility index (Phi) is 4.89. The minimum atomic E-state index is 0.199. The van der Waals surface area contributed by atoms with Gasteiger partial charge in [-0.2, -0.15) is 15.0 Å². The van der Waals surface area contributed by atoms with Gasteiger partial charge in [0.2, 0.25) is 17.2 Å². The van der Waals surface area contributed by atoms with Crippen LogP contribution in [0.2, 0.25) is 5.28 Å². The third-order valence-corrected chi connectivity index (χ3v) is 4.55. The van der Waals surface area contributed by atoms with E-state index in [1.54, 1.807) is 0 Å². The van der Waals surface area contributed by atoms with E-state index in [1.165, 1.54) is 0 Å². The van der Waals surface area contributed by atoms with Crippen molar-refractivity contribution in [3.63, 3.8) is 0 Å². The van der Waals surface area contributed by atoms with Crippen molar-refractivity contribution in [2.45, 2.75) is 51.9 Å². The summed E-state index contributed by atoms with van der Waals surface area (Å²) in [6.07, 6.45) is 0. The van der Waals surface area contributed by atoms with Crippen LogP contribution in [0.15, 0.2) is 0 Å². The van der Waals surface area contributed by atoms with E-state index in [9.17, 15) is 0 Å². The molecule has 0 saturated carbocycles. The van der Waals surface area contributed by atoms with E-state index in [1.807, 2.05) is 0 Å². The molecule has 1 aromatic rings. The van der Waals surface area contributed by atoms with E-state index in [-0.39, 0.29) is 29.5 Å². The summed E-state index contributed by atoms with van der Waals surface area (Å²) >= 11 is 6.20. The van der Waals surface area contributed by atoms with Crippen LogP contribution in [0.3, 0.4) is 0 Å². The minimum absolute atomic E-state index is 0.199. The highest BCUT2D eigenvalue weighted by Crippen LogP contribution is 2.26. The number of hydrogen-bond acceptors (Lipinski definition) is 7. The summed E-state index contributed by atoms with van der Waals surface area (Å²) in [5.41, 5.74) is 0. The van der Waals surface area contributed by atoms with Crippen molar-refractivity contribution in [2.24, 2.45) is 0 Å². The summed E-state index contributed by atoms with van der Waals surface area (Å²) < 4.78 is 11.2. The number of rotatable bonds is 2. The SMILES string of the molecule is CC1COCC(C)N1c1nc(Cl)nc(N2C(C)COCC2C)n1. The predicted molar refractivity (Wildman–Crippen MR) is 89.3 cm³/mol. The van der Waals surface area contributed by atoms with Gasteiger partial charge in [0.15, 0.2) is 0 Å². The van der Waals surface area contributed by atoms with Crippen LogP contribution in [0, 0.1) is 0 Å². The fourth-order valence-electron chi connectivity index (χ4n) is 3.36. The Bertz CT molecular complexity index is 496. The van der Waals surface area contributed by atoms with Crippen LogP contribution >= 0.6 is 11.6 Å². The molecule has 4 atom stereocenters. The van der Waals surface area contributed by atoms with Gasteiger partial charge in [0, 0.05) is 0 Å². The quantitative estimate of drug-likeness (QED) is 0.812. The predicted octanol–water partition coefficient (Wildman–Crippen LogP) is 1.75. The van der Waals surface area contributed by atoms with Crippen LogP contribution in [-0.4, -0.2) is 65.5 Å². The molecule has 1 aromatic heterocycles. The molecule has 0 radical (unpaired) electrons. The number of nitrogens with zero attached hydrogens (tertiary/aromatic N) is 5. The second-order valence-electron chi connectivity index (χ2n) is 6.49. The molecule has 2 saturated heterocycles. The molecule has 7 nitrogen and oxygen atoms in total. The summed E-state index contributed by atoms with van der Waals surface area (Å²) in [5, 5.41) is 0.224. The van der Waals surface area contributed by atoms with E-state index in [4.69, 9.17) is 26.1 Å². The van der Waals surface area contributed by atoms with Crippen LogP contribution in [0.4, 0.5) is 11.9 Å². The van der Waals surface area contributed by atoms with Gasteiger partial charge < -0.3 is 19.3 Å². The van der Waals surface area contributed by atoms with Crippen molar-refractivity contribution in [1.82, 2.24) is 15.0 Å². The van der Waals surface area contributed by atoms with E-state index >= 15 is 0 Å². The van der Waals surface area contributed by atoms with Gasteiger partial charge in [-0.1, -0.05) is 0 Å². The van der Waals surface area contributed by atoms with Gasteiger partial charge in [-0.3, -0.25) is 0 Å². The molecular weight excluding hydrogens is 318 g/mol. The first kappa shape index (κ1) is 16.7. The van der Waals surface area contributed by atoms with E-state index in [0.717, 1.165) is 0 Å². The number of hydrogen-bond donors (Lipinski definition) is 0. The monoisotopic (exact) mass is 341 g/mol. The molecule has 0 aromatic carbocycles. The lowest BCUT2D eigenvalue weighted by atomic mass is 10.2. The molecule has 0 N–H and O–H groups in total. The average molecular weight is 342 g/mol. The molecule has 3 heterocycles. The second-order valence-corrected chi connectivity index (χ2v) is 6.83. The molecule has 2 aliphatic rings. The summed E-state index contributed by atoms with van der Waals surface area (Å²) in [5.74, 6) is 1.24. The van der Waals surface area contributed by atoms with Crippen molar-refractivity contribution in [3.05, 3.63) is 5.28 Å². The molecule has 0 bridgehead atoms. The third-order valence-electron chi connectivity index (χ3n) is 4.38. The lowest BCUT2D eigenvalue weighted by Gasteiger charge is -2.41. The molecule has 2 aliphatic heterocycles. The molecular formula is C15H24ClN5O2. The maximum atomic E-state index is 6.20. The Morgan fingerprint density at radius 2 is 1.09 bits per heavy atom. The molecule has 4 unspecified atom stereocenters. The van der Waals surface area contributed by atoms with Gasteiger partial charge >= 0.3 is 0 Å². The number of halogens is 1. The first-order valence-corrected chi connectivity index (χ1v) is 8.49. The van der Waals surface area contributed by atoms with Crippen LogP contribution in [0.5, 0.6) is 0 Å². The van der Waals surface area contributed by atoms with E-state index in [0.29, 0.717) is 38.3 Å². The topological polar surface area (TPSA) is 63.6 Å². The number of morpholine rings is 2. The van der Waals surface area contributed by atoms with Gasteiger partial charge in [0.1, 0.15) is 0 Å². The van der Waals surface area contributed by atoms with Gasteiger partial charge in [0.25, 0.3) is 0 Å². The smallest absolute Gasteiger partial charge is 0.232 e. The fourth-order valence-corrected chi connectivity index (χ4v) is 3.51. The molecule has 0 amide bonds. The van der Waals surface area contributed by atoms with Crippen molar-refractivity contribution < 1.29 is 9.47 Å². The Morgan fingerprint density at radius 1 is 0.739 bits per heavy atom. The highest BCUT2D eigenvalue weighted by Gasteiger charge is 2.32. The lowest BCUT2D eigenvalue weighted by Crippen LogP contribution is -2.52. The minimum Gasteiger partial charge on any atom is -0.377 e. The zero-order chi connectivity index (χ0) is 16.6. The number of ether oxygens (including phenoxy) is 2. The zero-order valence-corrected chi connectivity index (χ0v) is 14.8. The average Bonchev–Trinajstić information content (AvgIpc) is 2.46. The van der Waals surface area contributed by atoms with Crippen molar-refractivity contribution in [3.8, 4) is 0 Å². The largest absolute Gasteiger partial charge is 0.377 e. The Labute approximate surface area is 142 Å². The van der Waals surface area contributed by atoms with Gasteiger partial charge in [0.05, 0.1) is 50.6 Å². The lowest BCUT2D eigenvalue weighted by molar-refractivity contribution is 0.0733. The molecule has 8 heteroatoms. The zero-order valence-electron chi connectivity index (χ0n) is 14.1. The van der Waals surface area contributed by atoms with Crippen LogP contribution in [-0.2, 0) is 9.47 Å². The van der Waals surface area contributed by atoms with Gasteiger partial charge in [-0.15, -0.1) is 0 Å². The highest BCUT2D eigenvalue weighted by atomic mass is 35.5. The molecule has 128 valence electrons.